The number of urea groups is 1. The lowest BCUT2D eigenvalue weighted by Gasteiger charge is -2.10. The maximum absolute atomic E-state index is 11.6. The van der Waals surface area contributed by atoms with Crippen molar-refractivity contribution in [3.05, 3.63) is 47.9 Å². The van der Waals surface area contributed by atoms with Crippen LogP contribution in [0.1, 0.15) is 17.7 Å². The summed E-state index contributed by atoms with van der Waals surface area (Å²) in [5, 5.41) is 5.56. The van der Waals surface area contributed by atoms with Gasteiger partial charge in [0.15, 0.2) is 11.5 Å². The smallest absolute Gasteiger partial charge is 0.315 e. The molecule has 0 saturated carbocycles. The van der Waals surface area contributed by atoms with Gasteiger partial charge in [0.1, 0.15) is 5.76 Å². The van der Waals surface area contributed by atoms with Crippen LogP contribution in [0.2, 0.25) is 0 Å². The molecule has 1 heterocycles. The topological polar surface area (TPSA) is 72.7 Å². The average molecular weight is 318 g/mol. The van der Waals surface area contributed by atoms with Crippen molar-refractivity contribution in [3.63, 3.8) is 0 Å². The maximum Gasteiger partial charge on any atom is 0.315 e. The Morgan fingerprint density at radius 1 is 1.13 bits per heavy atom. The Balaban J connectivity index is 1.67. The first-order valence-electron chi connectivity index (χ1n) is 7.48. The first-order chi connectivity index (χ1) is 11.2. The zero-order chi connectivity index (χ0) is 16.5. The highest BCUT2D eigenvalue weighted by Gasteiger charge is 2.05. The molecule has 0 aliphatic heterocycles. The van der Waals surface area contributed by atoms with Gasteiger partial charge in [0.2, 0.25) is 0 Å². The fourth-order valence-electron chi connectivity index (χ4n) is 2.17. The summed E-state index contributed by atoms with van der Waals surface area (Å²) in [5.74, 6) is 2.16. The number of hydrogen-bond donors (Lipinski definition) is 2. The molecule has 0 unspecified atom stereocenters. The van der Waals surface area contributed by atoms with Crippen LogP contribution >= 0.6 is 0 Å². The summed E-state index contributed by atoms with van der Waals surface area (Å²) >= 11 is 0. The van der Waals surface area contributed by atoms with Crippen molar-refractivity contribution < 1.29 is 18.7 Å². The van der Waals surface area contributed by atoms with Gasteiger partial charge in [-0.15, -0.1) is 0 Å². The van der Waals surface area contributed by atoms with E-state index in [1.54, 1.807) is 26.5 Å². The van der Waals surface area contributed by atoms with Crippen LogP contribution in [0.15, 0.2) is 41.0 Å². The molecule has 2 aromatic rings. The first-order valence-corrected chi connectivity index (χ1v) is 7.48. The second kappa shape index (κ2) is 8.73. The van der Waals surface area contributed by atoms with Crippen molar-refractivity contribution in [2.45, 2.75) is 19.4 Å². The number of aryl methyl sites for hydroxylation is 1. The standard InChI is InChI=1S/C17H22N2O4/c1-21-15-8-7-13(11-16(15)22-2)5-3-9-18-17(20)19-12-14-6-4-10-23-14/h4,6-8,10-11H,3,5,9,12H2,1-2H3,(H2,18,19,20). The van der Waals surface area contributed by atoms with Crippen LogP contribution in [-0.2, 0) is 13.0 Å². The monoisotopic (exact) mass is 318 g/mol. The molecular formula is C17H22N2O4. The zero-order valence-electron chi connectivity index (χ0n) is 13.4. The summed E-state index contributed by atoms with van der Waals surface area (Å²) in [6, 6.07) is 9.25. The fraction of sp³-hybridized carbons (Fsp3) is 0.353. The highest BCUT2D eigenvalue weighted by molar-refractivity contribution is 5.73. The average Bonchev–Trinajstić information content (AvgIpc) is 3.10. The number of benzene rings is 1. The highest BCUT2D eigenvalue weighted by Crippen LogP contribution is 2.27. The zero-order valence-corrected chi connectivity index (χ0v) is 13.4. The molecule has 0 atom stereocenters. The van der Waals surface area contributed by atoms with Crippen LogP contribution < -0.4 is 20.1 Å². The summed E-state index contributed by atoms with van der Waals surface area (Å²) in [7, 11) is 3.23. The molecule has 0 aliphatic rings. The molecule has 0 saturated heterocycles. The lowest BCUT2D eigenvalue weighted by molar-refractivity contribution is 0.239. The predicted octanol–water partition coefficient (Wildman–Crippen LogP) is 2.73. The van der Waals surface area contributed by atoms with Crippen molar-refractivity contribution >= 4 is 6.03 Å². The second-order valence-electron chi connectivity index (χ2n) is 4.98. The van der Waals surface area contributed by atoms with Crippen LogP contribution in [0.3, 0.4) is 0 Å². The van der Waals surface area contributed by atoms with E-state index in [9.17, 15) is 4.79 Å². The Morgan fingerprint density at radius 3 is 2.65 bits per heavy atom. The number of ether oxygens (including phenoxy) is 2. The molecule has 2 amide bonds. The van der Waals surface area contributed by atoms with Crippen LogP contribution in [0.5, 0.6) is 11.5 Å². The van der Waals surface area contributed by atoms with E-state index < -0.39 is 0 Å². The number of methoxy groups -OCH3 is 2. The van der Waals surface area contributed by atoms with Crippen molar-refractivity contribution in [2.24, 2.45) is 0 Å². The normalized spacial score (nSPS) is 10.2. The van der Waals surface area contributed by atoms with Crippen LogP contribution in [0.25, 0.3) is 0 Å². The number of rotatable bonds is 8. The van der Waals surface area contributed by atoms with E-state index in [0.29, 0.717) is 24.6 Å². The summed E-state index contributed by atoms with van der Waals surface area (Å²) in [4.78, 5) is 11.6. The van der Waals surface area contributed by atoms with Gasteiger partial charge < -0.3 is 24.5 Å². The van der Waals surface area contributed by atoms with Gasteiger partial charge in [-0.1, -0.05) is 6.07 Å². The number of furan rings is 1. The van der Waals surface area contributed by atoms with Gasteiger partial charge in [0.25, 0.3) is 0 Å². The van der Waals surface area contributed by atoms with Gasteiger partial charge in [0, 0.05) is 6.54 Å². The Hall–Kier alpha value is -2.63. The Morgan fingerprint density at radius 2 is 1.96 bits per heavy atom. The number of hydrogen-bond acceptors (Lipinski definition) is 4. The molecule has 0 radical (unpaired) electrons. The summed E-state index contributed by atoms with van der Waals surface area (Å²) in [6.45, 7) is 0.979. The van der Waals surface area contributed by atoms with E-state index >= 15 is 0 Å². The van der Waals surface area contributed by atoms with E-state index in [0.717, 1.165) is 24.2 Å². The molecule has 6 nitrogen and oxygen atoms in total. The van der Waals surface area contributed by atoms with E-state index in [4.69, 9.17) is 13.9 Å². The van der Waals surface area contributed by atoms with Crippen LogP contribution in [0.4, 0.5) is 4.79 Å². The predicted molar refractivity (Wildman–Crippen MR) is 86.8 cm³/mol. The SMILES string of the molecule is COc1ccc(CCCNC(=O)NCc2ccco2)cc1OC. The molecular weight excluding hydrogens is 296 g/mol. The molecule has 0 bridgehead atoms. The molecule has 1 aromatic carbocycles. The lowest BCUT2D eigenvalue weighted by atomic mass is 10.1. The van der Waals surface area contributed by atoms with Crippen LogP contribution in [0, 0.1) is 0 Å². The van der Waals surface area contributed by atoms with Gasteiger partial charge in [-0.25, -0.2) is 4.79 Å². The van der Waals surface area contributed by atoms with Gasteiger partial charge >= 0.3 is 6.03 Å². The van der Waals surface area contributed by atoms with Crippen molar-refractivity contribution in [2.75, 3.05) is 20.8 Å². The molecule has 1 aromatic heterocycles. The third-order valence-electron chi connectivity index (χ3n) is 3.38. The number of amides is 2. The molecule has 124 valence electrons. The van der Waals surface area contributed by atoms with Gasteiger partial charge in [-0.05, 0) is 42.7 Å². The Labute approximate surface area is 135 Å². The lowest BCUT2D eigenvalue weighted by Crippen LogP contribution is -2.35. The summed E-state index contributed by atoms with van der Waals surface area (Å²) in [5.41, 5.74) is 1.14. The first kappa shape index (κ1) is 16.7. The van der Waals surface area contributed by atoms with Crippen molar-refractivity contribution in [1.29, 1.82) is 0 Å². The summed E-state index contributed by atoms with van der Waals surface area (Å²) in [6.07, 6.45) is 3.26. The minimum atomic E-state index is -0.200. The minimum Gasteiger partial charge on any atom is -0.493 e. The van der Waals surface area contributed by atoms with E-state index in [1.807, 2.05) is 24.3 Å². The highest BCUT2D eigenvalue weighted by atomic mass is 16.5. The third-order valence-corrected chi connectivity index (χ3v) is 3.38. The van der Waals surface area contributed by atoms with E-state index in [2.05, 4.69) is 10.6 Å². The largest absolute Gasteiger partial charge is 0.493 e. The molecule has 2 N–H and O–H groups in total. The van der Waals surface area contributed by atoms with Crippen molar-refractivity contribution in [3.8, 4) is 11.5 Å². The Kier molecular flexibility index (Phi) is 6.35. The third kappa shape index (κ3) is 5.25. The minimum absolute atomic E-state index is 0.200. The Bertz CT molecular complexity index is 611. The van der Waals surface area contributed by atoms with Crippen LogP contribution in [-0.4, -0.2) is 26.8 Å². The number of carbonyl (C=O) groups is 1. The quantitative estimate of drug-likeness (QED) is 0.734. The fourth-order valence-corrected chi connectivity index (χ4v) is 2.17. The number of carbonyl (C=O) groups excluding carboxylic acids is 1. The van der Waals surface area contributed by atoms with Gasteiger partial charge in [-0.2, -0.15) is 0 Å². The molecule has 23 heavy (non-hydrogen) atoms. The molecule has 0 aliphatic carbocycles. The number of nitrogens with one attached hydrogen (secondary N) is 2. The van der Waals surface area contributed by atoms with Gasteiger partial charge in [0.05, 0.1) is 27.0 Å². The summed E-state index contributed by atoms with van der Waals surface area (Å²) < 4.78 is 15.6. The molecule has 2 rings (SSSR count). The molecule has 0 spiro atoms. The van der Waals surface area contributed by atoms with Crippen molar-refractivity contribution in [1.82, 2.24) is 10.6 Å². The van der Waals surface area contributed by atoms with Gasteiger partial charge in [-0.3, -0.25) is 0 Å². The second-order valence-corrected chi connectivity index (χ2v) is 4.98. The van der Waals surface area contributed by atoms with E-state index in [1.165, 1.54) is 0 Å². The molecule has 0 fully saturated rings. The van der Waals surface area contributed by atoms with E-state index in [-0.39, 0.29) is 6.03 Å². The maximum atomic E-state index is 11.6. The molecule has 6 heteroatoms.